The maximum Gasteiger partial charge on any atom is 0.0634 e. The fraction of sp³-hybridized carbons (Fsp3) is 1.00. The number of hydrogen-bond donors (Lipinski definition) is 2. The van der Waals surface area contributed by atoms with E-state index in [9.17, 15) is 0 Å². The third-order valence-electron chi connectivity index (χ3n) is 2.42. The fourth-order valence-corrected chi connectivity index (χ4v) is 1.09. The van der Waals surface area contributed by atoms with Gasteiger partial charge in [0.1, 0.15) is 0 Å². The second-order valence-electron chi connectivity index (χ2n) is 4.21. The molecule has 4 heteroatoms. The highest BCUT2D eigenvalue weighted by Crippen LogP contribution is 2.10. The number of methoxy groups -OCH3 is 2. The van der Waals surface area contributed by atoms with Crippen LogP contribution in [0.3, 0.4) is 0 Å². The molecule has 0 aromatic heterocycles. The SMILES string of the molecule is COCCNCCNCCC(C)(C)OC. The summed E-state index contributed by atoms with van der Waals surface area (Å²) in [6.45, 7) is 8.86. The molecule has 0 amide bonds. The van der Waals surface area contributed by atoms with Crippen LogP contribution in [0.5, 0.6) is 0 Å². The van der Waals surface area contributed by atoms with Crippen LogP contribution < -0.4 is 10.6 Å². The van der Waals surface area contributed by atoms with Crippen molar-refractivity contribution >= 4 is 0 Å². The van der Waals surface area contributed by atoms with Crippen molar-refractivity contribution < 1.29 is 9.47 Å². The van der Waals surface area contributed by atoms with Gasteiger partial charge in [0.2, 0.25) is 0 Å². The van der Waals surface area contributed by atoms with E-state index in [2.05, 4.69) is 24.5 Å². The minimum Gasteiger partial charge on any atom is -0.383 e. The molecule has 0 spiro atoms. The summed E-state index contributed by atoms with van der Waals surface area (Å²) >= 11 is 0. The summed E-state index contributed by atoms with van der Waals surface area (Å²) in [7, 11) is 3.47. The number of rotatable bonds is 10. The van der Waals surface area contributed by atoms with E-state index < -0.39 is 0 Å². The quantitative estimate of drug-likeness (QED) is 0.528. The Morgan fingerprint density at radius 1 is 0.933 bits per heavy atom. The van der Waals surface area contributed by atoms with Gasteiger partial charge in [-0.25, -0.2) is 0 Å². The van der Waals surface area contributed by atoms with Crippen LogP contribution in [-0.2, 0) is 9.47 Å². The van der Waals surface area contributed by atoms with Crippen molar-refractivity contribution in [2.45, 2.75) is 25.9 Å². The first-order valence-corrected chi connectivity index (χ1v) is 5.58. The monoisotopic (exact) mass is 218 g/mol. The van der Waals surface area contributed by atoms with Crippen molar-refractivity contribution in [3.63, 3.8) is 0 Å². The van der Waals surface area contributed by atoms with Gasteiger partial charge in [0.25, 0.3) is 0 Å². The molecular formula is C11H26N2O2. The van der Waals surface area contributed by atoms with Gasteiger partial charge in [-0.1, -0.05) is 0 Å². The van der Waals surface area contributed by atoms with Gasteiger partial charge in [0, 0.05) is 33.9 Å². The van der Waals surface area contributed by atoms with E-state index in [0.717, 1.165) is 39.2 Å². The largest absolute Gasteiger partial charge is 0.383 e. The lowest BCUT2D eigenvalue weighted by Gasteiger charge is -2.22. The molecule has 15 heavy (non-hydrogen) atoms. The molecule has 0 aromatic rings. The molecule has 0 fully saturated rings. The molecule has 0 radical (unpaired) electrons. The molecular weight excluding hydrogens is 192 g/mol. The molecule has 0 bridgehead atoms. The molecule has 2 N–H and O–H groups in total. The minimum absolute atomic E-state index is 0.0174. The maximum absolute atomic E-state index is 5.33. The predicted molar refractivity (Wildman–Crippen MR) is 63.3 cm³/mol. The Balaban J connectivity index is 3.11. The van der Waals surface area contributed by atoms with E-state index in [4.69, 9.17) is 9.47 Å². The second kappa shape index (κ2) is 9.09. The molecule has 0 aliphatic heterocycles. The molecule has 0 aliphatic carbocycles. The first-order valence-electron chi connectivity index (χ1n) is 5.58. The molecule has 0 saturated heterocycles. The van der Waals surface area contributed by atoms with E-state index in [1.165, 1.54) is 0 Å². The van der Waals surface area contributed by atoms with E-state index >= 15 is 0 Å². The van der Waals surface area contributed by atoms with Crippen molar-refractivity contribution in [1.82, 2.24) is 10.6 Å². The van der Waals surface area contributed by atoms with Crippen LogP contribution in [0.1, 0.15) is 20.3 Å². The van der Waals surface area contributed by atoms with E-state index in [1.54, 1.807) is 14.2 Å². The molecule has 92 valence electrons. The van der Waals surface area contributed by atoms with Crippen LogP contribution in [0.2, 0.25) is 0 Å². The molecule has 0 aromatic carbocycles. The van der Waals surface area contributed by atoms with E-state index in [0.29, 0.717) is 0 Å². The van der Waals surface area contributed by atoms with Crippen LogP contribution >= 0.6 is 0 Å². The highest BCUT2D eigenvalue weighted by atomic mass is 16.5. The van der Waals surface area contributed by atoms with Crippen LogP contribution in [-0.4, -0.2) is 52.6 Å². The molecule has 0 saturated carbocycles. The zero-order valence-corrected chi connectivity index (χ0v) is 10.6. The first kappa shape index (κ1) is 14.8. The number of hydrogen-bond acceptors (Lipinski definition) is 4. The summed E-state index contributed by atoms with van der Waals surface area (Å²) in [4.78, 5) is 0. The molecule has 4 nitrogen and oxygen atoms in total. The lowest BCUT2D eigenvalue weighted by atomic mass is 10.1. The summed E-state index contributed by atoms with van der Waals surface area (Å²) in [6.07, 6.45) is 1.03. The smallest absolute Gasteiger partial charge is 0.0634 e. The van der Waals surface area contributed by atoms with Gasteiger partial charge in [0.15, 0.2) is 0 Å². The average Bonchev–Trinajstić information content (AvgIpc) is 2.22. The summed E-state index contributed by atoms with van der Waals surface area (Å²) in [5.74, 6) is 0. The molecule has 0 aliphatic rings. The summed E-state index contributed by atoms with van der Waals surface area (Å²) in [5, 5.41) is 6.65. The Hall–Kier alpha value is -0.160. The molecule has 0 unspecified atom stereocenters. The lowest BCUT2D eigenvalue weighted by Crippen LogP contribution is -2.33. The normalized spacial score (nSPS) is 12.0. The van der Waals surface area contributed by atoms with Gasteiger partial charge >= 0.3 is 0 Å². The molecule has 0 rings (SSSR count). The lowest BCUT2D eigenvalue weighted by molar-refractivity contribution is 0.0159. The average molecular weight is 218 g/mol. The van der Waals surface area contributed by atoms with Crippen LogP contribution in [0.4, 0.5) is 0 Å². The third kappa shape index (κ3) is 10.1. The van der Waals surface area contributed by atoms with Crippen molar-refractivity contribution in [2.75, 3.05) is 47.0 Å². The molecule has 0 heterocycles. The Labute approximate surface area is 93.7 Å². The highest BCUT2D eigenvalue weighted by Gasteiger charge is 2.14. The Morgan fingerprint density at radius 3 is 2.07 bits per heavy atom. The molecule has 0 atom stereocenters. The topological polar surface area (TPSA) is 42.5 Å². The fourth-order valence-electron chi connectivity index (χ4n) is 1.09. The van der Waals surface area contributed by atoms with Gasteiger partial charge in [-0.3, -0.25) is 0 Å². The third-order valence-corrected chi connectivity index (χ3v) is 2.42. The Kier molecular flexibility index (Phi) is 9.00. The summed E-state index contributed by atoms with van der Waals surface area (Å²) in [6, 6.07) is 0. The van der Waals surface area contributed by atoms with E-state index in [1.807, 2.05) is 0 Å². The van der Waals surface area contributed by atoms with Crippen molar-refractivity contribution in [2.24, 2.45) is 0 Å². The zero-order valence-electron chi connectivity index (χ0n) is 10.6. The first-order chi connectivity index (χ1) is 7.12. The van der Waals surface area contributed by atoms with Gasteiger partial charge in [-0.15, -0.1) is 0 Å². The van der Waals surface area contributed by atoms with Gasteiger partial charge < -0.3 is 20.1 Å². The summed E-state index contributed by atoms with van der Waals surface area (Å²) < 4.78 is 10.3. The maximum atomic E-state index is 5.33. The van der Waals surface area contributed by atoms with Crippen LogP contribution in [0.25, 0.3) is 0 Å². The number of nitrogens with one attached hydrogen (secondary N) is 2. The predicted octanol–water partition coefficient (Wildman–Crippen LogP) is 0.627. The van der Waals surface area contributed by atoms with Crippen LogP contribution in [0, 0.1) is 0 Å². The van der Waals surface area contributed by atoms with E-state index in [-0.39, 0.29) is 5.60 Å². The van der Waals surface area contributed by atoms with Crippen LogP contribution in [0.15, 0.2) is 0 Å². The minimum atomic E-state index is -0.0174. The Morgan fingerprint density at radius 2 is 1.53 bits per heavy atom. The van der Waals surface area contributed by atoms with Gasteiger partial charge in [-0.2, -0.15) is 0 Å². The van der Waals surface area contributed by atoms with Gasteiger partial charge in [0.05, 0.1) is 12.2 Å². The number of ether oxygens (including phenoxy) is 2. The van der Waals surface area contributed by atoms with Crippen molar-refractivity contribution in [3.8, 4) is 0 Å². The van der Waals surface area contributed by atoms with Crippen molar-refractivity contribution in [1.29, 1.82) is 0 Å². The second-order valence-corrected chi connectivity index (χ2v) is 4.21. The van der Waals surface area contributed by atoms with Gasteiger partial charge in [-0.05, 0) is 26.8 Å². The summed E-state index contributed by atoms with van der Waals surface area (Å²) in [5.41, 5.74) is -0.0174. The zero-order chi connectivity index (χ0) is 11.6. The highest BCUT2D eigenvalue weighted by molar-refractivity contribution is 4.68. The Bertz CT molecular complexity index is 141. The standard InChI is InChI=1S/C11H26N2O2/c1-11(2,15-4)5-6-12-7-8-13-9-10-14-3/h12-13H,5-10H2,1-4H3. The van der Waals surface area contributed by atoms with Crippen molar-refractivity contribution in [3.05, 3.63) is 0 Å².